The molecule has 96 heavy (non-hydrogen) atoms. The van der Waals surface area contributed by atoms with Gasteiger partial charge in [-0.1, -0.05) is 66.7 Å². The van der Waals surface area contributed by atoms with Gasteiger partial charge in [0.15, 0.2) is 23.4 Å². The van der Waals surface area contributed by atoms with Crippen LogP contribution in [-0.2, 0) is 104 Å². The van der Waals surface area contributed by atoms with Gasteiger partial charge in [-0.2, -0.15) is 11.8 Å². The van der Waals surface area contributed by atoms with Gasteiger partial charge in [-0.3, -0.25) is 67.1 Å². The highest BCUT2D eigenvalue weighted by atomic mass is 32.2. The lowest BCUT2D eigenvalue weighted by Crippen LogP contribution is -2.57. The number of hydrogen-bond donors (Lipinski definition) is 12. The minimum atomic E-state index is -1.80. The third-order valence-electron chi connectivity index (χ3n) is 15.4. The first-order chi connectivity index (χ1) is 45.6. The van der Waals surface area contributed by atoms with Crippen molar-refractivity contribution in [3.05, 3.63) is 130 Å². The molecular weight excluding hydrogens is 1270 g/mol. The molecule has 29 nitrogen and oxygen atoms in total. The fourth-order valence-electron chi connectivity index (χ4n) is 10.4. The fraction of sp³-hybridized carbons (Fsp3) is 0.409. The van der Waals surface area contributed by atoms with Crippen molar-refractivity contribution in [2.45, 2.75) is 134 Å². The Hall–Kier alpha value is -10.5. The second kappa shape index (κ2) is 36.2. The minimum Gasteiger partial charge on any atom is -0.489 e. The van der Waals surface area contributed by atoms with E-state index in [1.54, 1.807) is 72.8 Å². The molecule has 8 amide bonds. The molecule has 30 heteroatoms. The third-order valence-corrected chi connectivity index (χ3v) is 16.5. The first-order valence-corrected chi connectivity index (χ1v) is 31.7. The van der Waals surface area contributed by atoms with E-state index in [-0.39, 0.29) is 48.9 Å². The Morgan fingerprint density at radius 3 is 1.73 bits per heavy atom. The maximum atomic E-state index is 14.7. The number of ketones is 3. The first-order valence-electron chi connectivity index (χ1n) is 30.6. The molecule has 0 spiro atoms. The van der Waals surface area contributed by atoms with Crippen LogP contribution in [0.2, 0.25) is 0 Å². The number of thioether (sulfide) groups is 1. The normalized spacial score (nSPS) is 23.1. The van der Waals surface area contributed by atoms with E-state index in [2.05, 4.69) is 42.5 Å². The summed E-state index contributed by atoms with van der Waals surface area (Å²) in [5.74, 6) is -19.8. The summed E-state index contributed by atoms with van der Waals surface area (Å²) in [5.41, 5.74) is 2.93. The quantitative estimate of drug-likeness (QED) is 0.0944. The number of nitrogens with one attached hydrogen (secondary N) is 8. The molecule has 0 saturated carbocycles. The lowest BCUT2D eigenvalue weighted by molar-refractivity contribution is -0.143. The summed E-state index contributed by atoms with van der Waals surface area (Å²) < 4.78 is 12.4. The molecule has 4 aromatic carbocycles. The first kappa shape index (κ1) is 74.5. The van der Waals surface area contributed by atoms with Crippen LogP contribution in [0, 0.1) is 17.8 Å². The molecule has 4 heterocycles. The van der Waals surface area contributed by atoms with Gasteiger partial charge < -0.3 is 72.4 Å². The predicted octanol–water partition coefficient (Wildman–Crippen LogP) is 1.39. The summed E-state index contributed by atoms with van der Waals surface area (Å²) in [6.45, 7) is 1.88. The van der Waals surface area contributed by atoms with Crippen LogP contribution in [0.25, 0.3) is 0 Å². The second-order valence-corrected chi connectivity index (χ2v) is 24.3. The summed E-state index contributed by atoms with van der Waals surface area (Å²) in [7, 11) is 0. The Kier molecular flexibility index (Phi) is 28.1. The molecule has 9 atom stereocenters. The zero-order valence-electron chi connectivity index (χ0n) is 52.7. The van der Waals surface area contributed by atoms with Crippen LogP contribution in [0.15, 0.2) is 97.1 Å². The van der Waals surface area contributed by atoms with E-state index < -0.39 is 201 Å². The molecule has 12 N–H and O–H groups in total. The number of carbonyl (C=O) groups excluding carboxylic acids is 11. The van der Waals surface area contributed by atoms with Gasteiger partial charge in [0.1, 0.15) is 42.8 Å². The second-order valence-electron chi connectivity index (χ2n) is 23.3. The summed E-state index contributed by atoms with van der Waals surface area (Å²) in [5, 5.41) is 59.0. The van der Waals surface area contributed by atoms with Crippen molar-refractivity contribution < 1.29 is 102 Å². The zero-order valence-corrected chi connectivity index (χ0v) is 53.5. The number of aliphatic carboxylic acids is 4. The molecule has 0 radical (unpaired) electrons. The number of amides is 8. The molecule has 4 aromatic rings. The van der Waals surface area contributed by atoms with Gasteiger partial charge in [0, 0.05) is 62.4 Å². The molecule has 9 unspecified atom stereocenters. The largest absolute Gasteiger partial charge is 0.489 e. The molecule has 0 aliphatic carbocycles. The van der Waals surface area contributed by atoms with Crippen molar-refractivity contribution in [2.75, 3.05) is 18.8 Å². The number of carbonyl (C=O) groups is 15. The smallest absolute Gasteiger partial charge is 0.330 e. The van der Waals surface area contributed by atoms with E-state index >= 15 is 0 Å². The number of hydrogen-bond acceptors (Lipinski definition) is 18. The van der Waals surface area contributed by atoms with E-state index in [9.17, 15) is 92.3 Å². The summed E-state index contributed by atoms with van der Waals surface area (Å²) in [4.78, 5) is 200. The average Bonchev–Trinajstić information content (AvgIpc) is 0.942. The van der Waals surface area contributed by atoms with E-state index in [1.165, 1.54) is 38.1 Å². The topological polar surface area (TPSA) is 452 Å². The van der Waals surface area contributed by atoms with Crippen LogP contribution in [0.5, 0.6) is 11.5 Å². The minimum absolute atomic E-state index is 0.0424. The number of rotatable bonds is 11. The lowest BCUT2D eigenvalue weighted by atomic mass is 9.90. The van der Waals surface area contributed by atoms with E-state index in [4.69, 9.17) is 9.47 Å². The van der Waals surface area contributed by atoms with E-state index in [0.717, 1.165) is 18.7 Å². The van der Waals surface area contributed by atoms with Gasteiger partial charge in [-0.25, -0.2) is 4.79 Å². The molecule has 4 aliphatic heterocycles. The standard InChI is InChI=1S/C66H76N8O21S/c1-35-53(77)25-45(22-38-7-5-4-6-8-38)61(87)68-30-55(79)74-59(66(92)93)43-11-16-49(17-12-43)95-32-41-19-40-20-42(21-41)33-96-34-52(54(78)26-46(27-57(82)83)63(89)69-35)73-62(88)44(13-18-56(80)81)24-47(76)29-67-60(86)36(2)70-64(90)51(28-58(84)85)72-65(91)50(71-37(3)75)23-39-9-14-48(15-10-39)94-31-40/h4-12,14-17,19-21,35-36,44-46,50-52,59H,13,18,22-34H2,1-3H3,(H,67,86)(H,68,87)(H,69,89)(H,70,90)(H,71,75)(H,72,91)(H,73,88)(H,74,79)(H,80,81)(H,82,83)(H,84,85)(H,92,93). The molecule has 0 aromatic heterocycles. The predicted molar refractivity (Wildman–Crippen MR) is 340 cm³/mol. The van der Waals surface area contributed by atoms with Crippen LogP contribution in [0.4, 0.5) is 0 Å². The van der Waals surface area contributed by atoms with Crippen molar-refractivity contribution in [2.24, 2.45) is 17.8 Å². The summed E-state index contributed by atoms with van der Waals surface area (Å²) in [6, 6.07) is 16.6. The summed E-state index contributed by atoms with van der Waals surface area (Å²) in [6.07, 6.45) is -5.43. The molecule has 512 valence electrons. The number of ether oxygens (including phenoxy) is 2. The van der Waals surface area contributed by atoms with Crippen LogP contribution in [-0.4, -0.2) is 158 Å². The fourth-order valence-corrected chi connectivity index (χ4v) is 11.4. The monoisotopic (exact) mass is 1350 g/mol. The van der Waals surface area contributed by atoms with E-state index in [0.29, 0.717) is 33.6 Å². The highest BCUT2D eigenvalue weighted by Crippen LogP contribution is 2.26. The Balaban J connectivity index is 1.41. The highest BCUT2D eigenvalue weighted by molar-refractivity contribution is 7.98. The molecule has 0 fully saturated rings. The number of carboxylic acids is 4. The van der Waals surface area contributed by atoms with Crippen molar-refractivity contribution in [3.8, 4) is 11.5 Å². The van der Waals surface area contributed by atoms with Crippen molar-refractivity contribution >= 4 is 100 Å². The number of benzene rings is 4. The maximum absolute atomic E-state index is 14.7. The van der Waals surface area contributed by atoms with Gasteiger partial charge in [0.05, 0.1) is 43.9 Å². The number of Topliss-reactive ketones (excluding diaryl/α,β-unsaturated/α-hetero) is 3. The Labute approximate surface area is 554 Å². The maximum Gasteiger partial charge on any atom is 0.330 e. The van der Waals surface area contributed by atoms with Gasteiger partial charge >= 0.3 is 23.9 Å². The molecule has 0 saturated heterocycles. The van der Waals surface area contributed by atoms with Crippen LogP contribution in [0.1, 0.15) is 105 Å². The SMILES string of the molecule is CC(=O)NC1Cc2ccc(cc2)OCc2cc3cc(c2)CSCC(NC(=O)C(CCC(=O)O)CC(=O)CNC(=O)C(C)NC(=O)C(CC(=O)O)NC1=O)C(=O)CC(CC(=O)O)C(=O)NC(C)C(=O)CC(Cc1ccccc1)C(=O)NCC(=O)NC(C(=O)O)c1ccc(cc1)OC3. The highest BCUT2D eigenvalue weighted by Gasteiger charge is 2.36. The lowest BCUT2D eigenvalue weighted by Gasteiger charge is -2.24. The van der Waals surface area contributed by atoms with Crippen molar-refractivity contribution in [3.63, 3.8) is 0 Å². The zero-order chi connectivity index (χ0) is 70.2. The Morgan fingerprint density at radius 2 is 1.12 bits per heavy atom. The van der Waals surface area contributed by atoms with Gasteiger partial charge in [0.2, 0.25) is 47.3 Å². The average molecular weight is 1350 g/mol. The van der Waals surface area contributed by atoms with Crippen molar-refractivity contribution in [1.29, 1.82) is 0 Å². The van der Waals surface area contributed by atoms with Gasteiger partial charge in [-0.15, -0.1) is 0 Å². The Bertz CT molecular complexity index is 3550. The van der Waals surface area contributed by atoms with Gasteiger partial charge in [-0.05, 0) is 90.4 Å². The van der Waals surface area contributed by atoms with Crippen molar-refractivity contribution in [1.82, 2.24) is 42.5 Å². The van der Waals surface area contributed by atoms with Gasteiger partial charge in [0.25, 0.3) is 0 Å². The molecule has 4 aliphatic rings. The Morgan fingerprint density at radius 1 is 0.542 bits per heavy atom. The van der Waals surface area contributed by atoms with E-state index in [1.807, 2.05) is 0 Å². The number of fused-ring (bicyclic) bond motifs is 35. The van der Waals surface area contributed by atoms with Crippen LogP contribution in [0.3, 0.4) is 0 Å². The van der Waals surface area contributed by atoms with Crippen LogP contribution >= 0.6 is 11.8 Å². The molecule has 8 bridgehead atoms. The van der Waals surface area contributed by atoms with Crippen LogP contribution < -0.4 is 52.0 Å². The third kappa shape index (κ3) is 24.4. The molecular formula is C66H76N8O21S. The number of carboxylic acid groups (broad SMARTS) is 4. The summed E-state index contributed by atoms with van der Waals surface area (Å²) >= 11 is 1.09. The molecule has 8 rings (SSSR count).